The Labute approximate surface area is 181 Å². The average Bonchev–Trinajstić information content (AvgIpc) is 3.19. The molecule has 0 saturated heterocycles. The molecule has 1 heterocycles. The van der Waals surface area contributed by atoms with Crippen LogP contribution in [0.15, 0.2) is 53.1 Å². The molecule has 7 heteroatoms. The lowest BCUT2D eigenvalue weighted by atomic mass is 9.92. The topological polar surface area (TPSA) is 93.5 Å². The largest absolute Gasteiger partial charge is 0.452 e. The van der Waals surface area contributed by atoms with E-state index in [4.69, 9.17) is 9.26 Å². The molecule has 0 fully saturated rings. The number of carbonyl (C=O) groups is 2. The van der Waals surface area contributed by atoms with E-state index in [0.717, 1.165) is 16.8 Å². The van der Waals surface area contributed by atoms with E-state index in [1.165, 1.54) is 0 Å². The van der Waals surface area contributed by atoms with Crippen molar-refractivity contribution in [2.75, 3.05) is 17.2 Å². The van der Waals surface area contributed by atoms with Gasteiger partial charge in [-0.3, -0.25) is 10.1 Å². The lowest BCUT2D eigenvalue weighted by Gasteiger charge is -2.14. The smallest absolute Gasteiger partial charge is 0.340 e. The van der Waals surface area contributed by atoms with Crippen LogP contribution in [0.25, 0.3) is 0 Å². The quantitative estimate of drug-likeness (QED) is 0.536. The molecule has 0 aliphatic carbocycles. The van der Waals surface area contributed by atoms with Gasteiger partial charge in [0.2, 0.25) is 5.88 Å². The first-order valence-electron chi connectivity index (χ1n) is 10.0. The molecule has 2 N–H and O–H groups in total. The van der Waals surface area contributed by atoms with Gasteiger partial charge in [0.25, 0.3) is 5.91 Å². The number of benzene rings is 2. The van der Waals surface area contributed by atoms with E-state index in [2.05, 4.69) is 15.8 Å². The molecule has 1 amide bonds. The number of rotatable bonds is 6. The Kier molecular flexibility index (Phi) is 6.44. The molecule has 0 aliphatic rings. The Morgan fingerprint density at radius 2 is 1.74 bits per heavy atom. The number of nitrogens with zero attached hydrogens (tertiary/aromatic N) is 1. The van der Waals surface area contributed by atoms with E-state index in [0.29, 0.717) is 16.9 Å². The van der Waals surface area contributed by atoms with Crippen molar-refractivity contribution in [3.05, 3.63) is 70.9 Å². The lowest BCUT2D eigenvalue weighted by Crippen LogP contribution is -2.21. The van der Waals surface area contributed by atoms with Gasteiger partial charge < -0.3 is 14.6 Å². The molecule has 2 aromatic carbocycles. The Balaban J connectivity index is 1.64. The number of anilines is 3. The first kappa shape index (κ1) is 22.1. The fraction of sp³-hybridized carbons (Fsp3) is 0.292. The van der Waals surface area contributed by atoms with Crippen LogP contribution in [0.3, 0.4) is 0 Å². The highest BCUT2D eigenvalue weighted by atomic mass is 16.5. The Hall–Kier alpha value is -3.61. The van der Waals surface area contributed by atoms with Crippen molar-refractivity contribution >= 4 is 29.1 Å². The summed E-state index contributed by atoms with van der Waals surface area (Å²) in [5, 5.41) is 9.77. The number of amides is 1. The van der Waals surface area contributed by atoms with Gasteiger partial charge >= 0.3 is 5.97 Å². The Bertz CT molecular complexity index is 1100. The molecule has 162 valence electrons. The van der Waals surface area contributed by atoms with Crippen LogP contribution in [0.5, 0.6) is 0 Å². The number of nitrogens with one attached hydrogen (secondary N) is 2. The highest BCUT2D eigenvalue weighted by molar-refractivity contribution is 5.99. The van der Waals surface area contributed by atoms with Crippen molar-refractivity contribution in [1.82, 2.24) is 5.16 Å². The minimum atomic E-state index is -0.600. The van der Waals surface area contributed by atoms with Crippen LogP contribution in [0.1, 0.15) is 48.0 Å². The molecule has 0 bridgehead atoms. The van der Waals surface area contributed by atoms with Gasteiger partial charge in [-0.2, -0.15) is 0 Å². The first-order valence-corrected chi connectivity index (χ1v) is 10.0. The molecule has 0 radical (unpaired) electrons. The van der Waals surface area contributed by atoms with Crippen molar-refractivity contribution in [3.8, 4) is 0 Å². The summed E-state index contributed by atoms with van der Waals surface area (Å²) in [6, 6.07) is 14.6. The third kappa shape index (κ3) is 5.51. The molecule has 0 saturated carbocycles. The maximum Gasteiger partial charge on any atom is 0.340 e. The molecular formula is C24H27N3O4. The predicted molar refractivity (Wildman–Crippen MR) is 120 cm³/mol. The summed E-state index contributed by atoms with van der Waals surface area (Å²) in [5.74, 6) is -0.899. The van der Waals surface area contributed by atoms with Crippen molar-refractivity contribution in [2.24, 2.45) is 0 Å². The van der Waals surface area contributed by atoms with Crippen molar-refractivity contribution in [2.45, 2.75) is 40.0 Å². The van der Waals surface area contributed by atoms with E-state index >= 15 is 0 Å². The normalized spacial score (nSPS) is 11.1. The van der Waals surface area contributed by atoms with Gasteiger partial charge in [0.1, 0.15) is 0 Å². The monoisotopic (exact) mass is 421 g/mol. The van der Waals surface area contributed by atoms with E-state index in [1.54, 1.807) is 24.3 Å². The molecule has 0 unspecified atom stereocenters. The number of para-hydroxylation sites is 1. The zero-order valence-electron chi connectivity index (χ0n) is 18.4. The summed E-state index contributed by atoms with van der Waals surface area (Å²) in [6.07, 6.45) is 0. The number of carbonyl (C=O) groups excluding carboxylic acids is 2. The summed E-state index contributed by atoms with van der Waals surface area (Å²) in [5.41, 5.74) is 4.59. The van der Waals surface area contributed by atoms with Gasteiger partial charge in [0.15, 0.2) is 6.61 Å². The highest BCUT2D eigenvalue weighted by Crippen LogP contribution is 2.26. The van der Waals surface area contributed by atoms with E-state index in [9.17, 15) is 9.59 Å². The molecule has 31 heavy (non-hydrogen) atoms. The van der Waals surface area contributed by atoms with Gasteiger partial charge in [0, 0.05) is 17.2 Å². The summed E-state index contributed by atoms with van der Waals surface area (Å²) in [6.45, 7) is 9.56. The maximum absolute atomic E-state index is 12.6. The number of aryl methyl sites for hydroxylation is 1. The highest BCUT2D eigenvalue weighted by Gasteiger charge is 2.20. The number of esters is 1. The maximum atomic E-state index is 12.6. The van der Waals surface area contributed by atoms with E-state index < -0.39 is 18.5 Å². The summed E-state index contributed by atoms with van der Waals surface area (Å²) in [4.78, 5) is 24.8. The van der Waals surface area contributed by atoms with Crippen molar-refractivity contribution in [3.63, 3.8) is 0 Å². The number of ether oxygens (including phenoxy) is 1. The molecule has 3 aromatic rings. The fourth-order valence-corrected chi connectivity index (χ4v) is 2.87. The molecular weight excluding hydrogens is 394 g/mol. The third-order valence-corrected chi connectivity index (χ3v) is 4.90. The minimum Gasteiger partial charge on any atom is -0.452 e. The molecule has 7 nitrogen and oxygen atoms in total. The van der Waals surface area contributed by atoms with Gasteiger partial charge in [-0.1, -0.05) is 50.2 Å². The van der Waals surface area contributed by atoms with Crippen LogP contribution in [0.4, 0.5) is 17.3 Å². The Morgan fingerprint density at radius 1 is 1.03 bits per heavy atom. The van der Waals surface area contributed by atoms with Crippen molar-refractivity contribution in [1.29, 1.82) is 0 Å². The second-order valence-corrected chi connectivity index (χ2v) is 8.37. The van der Waals surface area contributed by atoms with Gasteiger partial charge in [-0.15, -0.1) is 0 Å². The van der Waals surface area contributed by atoms with E-state index in [1.807, 2.05) is 58.9 Å². The number of hydrogen-bond donors (Lipinski definition) is 2. The summed E-state index contributed by atoms with van der Waals surface area (Å²) in [7, 11) is 0. The van der Waals surface area contributed by atoms with Crippen molar-refractivity contribution < 1.29 is 18.8 Å². The zero-order chi connectivity index (χ0) is 22.6. The predicted octanol–water partition coefficient (Wildman–Crippen LogP) is 5.13. The number of aromatic nitrogens is 1. The van der Waals surface area contributed by atoms with Crippen LogP contribution in [-0.2, 0) is 14.9 Å². The second-order valence-electron chi connectivity index (χ2n) is 8.37. The van der Waals surface area contributed by atoms with E-state index in [-0.39, 0.29) is 11.3 Å². The average molecular weight is 421 g/mol. The van der Waals surface area contributed by atoms with Gasteiger partial charge in [0.05, 0.1) is 16.9 Å². The summed E-state index contributed by atoms with van der Waals surface area (Å²) < 4.78 is 10.3. The first-order chi connectivity index (χ1) is 14.6. The van der Waals surface area contributed by atoms with Crippen LogP contribution in [-0.4, -0.2) is 23.6 Å². The molecule has 3 rings (SSSR count). The van der Waals surface area contributed by atoms with Crippen LogP contribution < -0.4 is 10.6 Å². The van der Waals surface area contributed by atoms with Crippen LogP contribution >= 0.6 is 0 Å². The Morgan fingerprint density at radius 3 is 2.45 bits per heavy atom. The van der Waals surface area contributed by atoms with Crippen LogP contribution in [0.2, 0.25) is 0 Å². The van der Waals surface area contributed by atoms with Gasteiger partial charge in [-0.25, -0.2) is 4.79 Å². The lowest BCUT2D eigenvalue weighted by molar-refractivity contribution is -0.119. The SMILES string of the molecule is Cc1cccc(Nc2ccccc2C(=O)OCC(=O)Nc2cc(C(C)(C)C)no2)c1C. The second kappa shape index (κ2) is 9.04. The molecule has 1 aromatic heterocycles. The van der Waals surface area contributed by atoms with Crippen LogP contribution in [0, 0.1) is 13.8 Å². The third-order valence-electron chi connectivity index (χ3n) is 4.90. The van der Waals surface area contributed by atoms with Gasteiger partial charge in [-0.05, 0) is 43.2 Å². The zero-order valence-corrected chi connectivity index (χ0v) is 18.4. The fourth-order valence-electron chi connectivity index (χ4n) is 2.87. The standard InChI is InChI=1S/C24H27N3O4/c1-15-9-8-12-18(16(15)2)25-19-11-7-6-10-17(19)23(29)30-14-21(28)26-22-13-20(27-31-22)24(3,4)5/h6-13,25H,14H2,1-5H3,(H,26,28). The molecule has 0 spiro atoms. The number of hydrogen-bond acceptors (Lipinski definition) is 6. The summed E-state index contributed by atoms with van der Waals surface area (Å²) >= 11 is 0. The minimum absolute atomic E-state index is 0.203. The molecule has 0 aliphatic heterocycles. The molecule has 0 atom stereocenters.